The van der Waals surface area contributed by atoms with Gasteiger partial charge in [0, 0.05) is 18.7 Å². The molecule has 21 heavy (non-hydrogen) atoms. The van der Waals surface area contributed by atoms with E-state index in [0.29, 0.717) is 5.92 Å². The van der Waals surface area contributed by atoms with Gasteiger partial charge >= 0.3 is 0 Å². The van der Waals surface area contributed by atoms with Gasteiger partial charge in [0.15, 0.2) is 0 Å². The van der Waals surface area contributed by atoms with Gasteiger partial charge in [0.25, 0.3) is 5.91 Å². The molecule has 1 aliphatic rings. The Hall–Kier alpha value is -2.09. The van der Waals surface area contributed by atoms with E-state index in [-0.39, 0.29) is 5.91 Å². The van der Waals surface area contributed by atoms with Crippen molar-refractivity contribution in [2.45, 2.75) is 19.3 Å². The first-order valence-electron chi connectivity index (χ1n) is 7.71. The van der Waals surface area contributed by atoms with Crippen molar-refractivity contribution in [1.29, 1.82) is 0 Å². The first kappa shape index (κ1) is 13.9. The first-order chi connectivity index (χ1) is 10.3. The number of amides is 1. The number of rotatable bonds is 3. The van der Waals surface area contributed by atoms with Crippen LogP contribution in [0.2, 0.25) is 0 Å². The van der Waals surface area contributed by atoms with Crippen LogP contribution in [0.4, 0.5) is 0 Å². The summed E-state index contributed by atoms with van der Waals surface area (Å²) in [5.74, 6) is 0.752. The lowest BCUT2D eigenvalue weighted by Gasteiger charge is -2.33. The number of piperidine rings is 1. The maximum atomic E-state index is 12.5. The highest BCUT2D eigenvalue weighted by molar-refractivity contribution is 5.94. The van der Waals surface area contributed by atoms with Crippen LogP contribution in [0.15, 0.2) is 60.7 Å². The molecule has 0 radical (unpaired) electrons. The fourth-order valence-electron chi connectivity index (χ4n) is 3.13. The van der Waals surface area contributed by atoms with Crippen LogP contribution in [-0.2, 0) is 6.42 Å². The van der Waals surface area contributed by atoms with E-state index in [0.717, 1.165) is 31.5 Å². The minimum Gasteiger partial charge on any atom is -0.338 e. The molecule has 0 spiro atoms. The topological polar surface area (TPSA) is 20.3 Å². The molecule has 2 aromatic carbocycles. The minimum atomic E-state index is 0.174. The van der Waals surface area contributed by atoms with Crippen molar-refractivity contribution in [1.82, 2.24) is 4.90 Å². The van der Waals surface area contributed by atoms with Gasteiger partial charge in [-0.2, -0.15) is 0 Å². The Labute approximate surface area is 126 Å². The van der Waals surface area contributed by atoms with Gasteiger partial charge in [0.2, 0.25) is 0 Å². The monoisotopic (exact) mass is 279 g/mol. The van der Waals surface area contributed by atoms with Gasteiger partial charge < -0.3 is 4.90 Å². The van der Waals surface area contributed by atoms with Gasteiger partial charge in [-0.25, -0.2) is 0 Å². The second-order valence-corrected chi connectivity index (χ2v) is 5.82. The SMILES string of the molecule is O=C(c1ccccc1)N1CCCC(Cc2ccccc2)C1. The van der Waals surface area contributed by atoms with E-state index in [4.69, 9.17) is 0 Å². The van der Waals surface area contributed by atoms with Gasteiger partial charge in [-0.15, -0.1) is 0 Å². The predicted octanol–water partition coefficient (Wildman–Crippen LogP) is 3.78. The zero-order valence-electron chi connectivity index (χ0n) is 12.2. The summed E-state index contributed by atoms with van der Waals surface area (Å²) in [7, 11) is 0. The maximum Gasteiger partial charge on any atom is 0.253 e. The fourth-order valence-corrected chi connectivity index (χ4v) is 3.13. The molecule has 0 saturated carbocycles. The number of likely N-dealkylation sites (tertiary alicyclic amines) is 1. The largest absolute Gasteiger partial charge is 0.338 e. The van der Waals surface area contributed by atoms with Crippen LogP contribution in [0.3, 0.4) is 0 Å². The van der Waals surface area contributed by atoms with Crippen molar-refractivity contribution in [3.63, 3.8) is 0 Å². The van der Waals surface area contributed by atoms with Crippen LogP contribution in [0, 0.1) is 5.92 Å². The summed E-state index contributed by atoms with van der Waals surface area (Å²) in [4.78, 5) is 14.5. The second-order valence-electron chi connectivity index (χ2n) is 5.82. The molecule has 1 amide bonds. The molecular weight excluding hydrogens is 258 g/mol. The van der Waals surface area contributed by atoms with E-state index in [2.05, 4.69) is 30.3 Å². The highest BCUT2D eigenvalue weighted by atomic mass is 16.2. The van der Waals surface area contributed by atoms with Crippen LogP contribution < -0.4 is 0 Å². The van der Waals surface area contributed by atoms with Gasteiger partial charge in [0.1, 0.15) is 0 Å². The first-order valence-corrected chi connectivity index (χ1v) is 7.71. The standard InChI is InChI=1S/C19H21NO/c21-19(18-11-5-2-6-12-18)20-13-7-10-17(15-20)14-16-8-3-1-4-9-16/h1-6,8-9,11-12,17H,7,10,13-15H2. The average Bonchev–Trinajstić information content (AvgIpc) is 2.56. The highest BCUT2D eigenvalue weighted by Gasteiger charge is 2.24. The second kappa shape index (κ2) is 6.57. The molecule has 1 atom stereocenters. The molecule has 3 rings (SSSR count). The average molecular weight is 279 g/mol. The summed E-state index contributed by atoms with van der Waals surface area (Å²) in [5.41, 5.74) is 2.18. The van der Waals surface area contributed by atoms with Crippen molar-refractivity contribution >= 4 is 5.91 Å². The number of benzene rings is 2. The van der Waals surface area contributed by atoms with E-state index in [1.807, 2.05) is 35.2 Å². The molecule has 2 aromatic rings. The molecule has 0 aliphatic carbocycles. The molecule has 1 fully saturated rings. The van der Waals surface area contributed by atoms with Gasteiger partial charge in [0.05, 0.1) is 0 Å². The lowest BCUT2D eigenvalue weighted by Crippen LogP contribution is -2.40. The molecule has 0 N–H and O–H groups in total. The highest BCUT2D eigenvalue weighted by Crippen LogP contribution is 2.22. The molecule has 0 aromatic heterocycles. The molecule has 1 saturated heterocycles. The smallest absolute Gasteiger partial charge is 0.253 e. The summed E-state index contributed by atoms with van der Waals surface area (Å²) in [6.45, 7) is 1.77. The normalized spacial score (nSPS) is 18.5. The molecule has 2 heteroatoms. The van der Waals surface area contributed by atoms with Crippen LogP contribution >= 0.6 is 0 Å². The summed E-state index contributed by atoms with van der Waals surface area (Å²) in [6.07, 6.45) is 3.39. The Morgan fingerprint density at radius 2 is 1.67 bits per heavy atom. The minimum absolute atomic E-state index is 0.174. The van der Waals surface area contributed by atoms with Crippen molar-refractivity contribution in [3.8, 4) is 0 Å². The number of carbonyl (C=O) groups excluding carboxylic acids is 1. The van der Waals surface area contributed by atoms with Gasteiger partial charge in [-0.05, 0) is 42.9 Å². The summed E-state index contributed by atoms with van der Waals surface area (Å²) in [6, 6.07) is 20.2. The number of hydrogen-bond donors (Lipinski definition) is 0. The quantitative estimate of drug-likeness (QED) is 0.837. The Balaban J connectivity index is 1.64. The third kappa shape index (κ3) is 3.52. The predicted molar refractivity (Wildman–Crippen MR) is 85.2 cm³/mol. The van der Waals surface area contributed by atoms with Crippen molar-refractivity contribution in [2.75, 3.05) is 13.1 Å². The number of nitrogens with zero attached hydrogens (tertiary/aromatic N) is 1. The lowest BCUT2D eigenvalue weighted by atomic mass is 9.91. The van der Waals surface area contributed by atoms with Crippen LogP contribution in [0.1, 0.15) is 28.8 Å². The van der Waals surface area contributed by atoms with Gasteiger partial charge in [-0.1, -0.05) is 48.5 Å². The molecular formula is C19H21NO. The lowest BCUT2D eigenvalue weighted by molar-refractivity contribution is 0.0673. The van der Waals surface area contributed by atoms with Crippen molar-refractivity contribution < 1.29 is 4.79 Å². The Morgan fingerprint density at radius 1 is 1.00 bits per heavy atom. The molecule has 1 unspecified atom stereocenters. The molecule has 1 heterocycles. The Kier molecular flexibility index (Phi) is 4.34. The van der Waals surface area contributed by atoms with E-state index in [1.165, 1.54) is 12.0 Å². The zero-order valence-corrected chi connectivity index (χ0v) is 12.2. The molecule has 1 aliphatic heterocycles. The van der Waals surface area contributed by atoms with E-state index in [9.17, 15) is 4.79 Å². The maximum absolute atomic E-state index is 12.5. The van der Waals surface area contributed by atoms with E-state index >= 15 is 0 Å². The van der Waals surface area contributed by atoms with E-state index < -0.39 is 0 Å². The van der Waals surface area contributed by atoms with Crippen LogP contribution in [0.5, 0.6) is 0 Å². The summed E-state index contributed by atoms with van der Waals surface area (Å²) >= 11 is 0. The summed E-state index contributed by atoms with van der Waals surface area (Å²) in [5, 5.41) is 0. The third-order valence-corrected chi connectivity index (χ3v) is 4.19. The van der Waals surface area contributed by atoms with Crippen LogP contribution in [0.25, 0.3) is 0 Å². The van der Waals surface area contributed by atoms with Gasteiger partial charge in [-0.3, -0.25) is 4.79 Å². The molecule has 2 nitrogen and oxygen atoms in total. The van der Waals surface area contributed by atoms with Crippen molar-refractivity contribution in [2.24, 2.45) is 5.92 Å². The third-order valence-electron chi connectivity index (χ3n) is 4.19. The Morgan fingerprint density at radius 3 is 2.38 bits per heavy atom. The molecule has 108 valence electrons. The van der Waals surface area contributed by atoms with Crippen LogP contribution in [-0.4, -0.2) is 23.9 Å². The zero-order chi connectivity index (χ0) is 14.5. The van der Waals surface area contributed by atoms with E-state index in [1.54, 1.807) is 0 Å². The fraction of sp³-hybridized carbons (Fsp3) is 0.316. The number of hydrogen-bond acceptors (Lipinski definition) is 1. The summed E-state index contributed by atoms with van der Waals surface area (Å²) < 4.78 is 0. The Bertz CT molecular complexity index is 579. The number of carbonyl (C=O) groups is 1. The molecule has 0 bridgehead atoms. The van der Waals surface area contributed by atoms with Crippen molar-refractivity contribution in [3.05, 3.63) is 71.8 Å².